The Labute approximate surface area is 126 Å². The van der Waals surface area contributed by atoms with E-state index in [0.29, 0.717) is 5.82 Å². The number of rotatable bonds is 3. The molecule has 1 aliphatic rings. The number of aryl methyl sites for hydroxylation is 1. The Morgan fingerprint density at radius 3 is 2.50 bits per heavy atom. The molecule has 1 amide bonds. The van der Waals surface area contributed by atoms with Gasteiger partial charge in [-0.25, -0.2) is 4.98 Å². The summed E-state index contributed by atoms with van der Waals surface area (Å²) in [6.07, 6.45) is 1.79. The number of pyridine rings is 1. The summed E-state index contributed by atoms with van der Waals surface area (Å²) in [5, 5.41) is 2.94. The summed E-state index contributed by atoms with van der Waals surface area (Å²) >= 11 is 3.42. The topological polar surface area (TPSA) is 42.0 Å². The van der Waals surface area contributed by atoms with Crippen molar-refractivity contribution >= 4 is 27.7 Å². The number of aromatic nitrogens is 1. The predicted octanol–water partition coefficient (Wildman–Crippen LogP) is 3.82. The van der Waals surface area contributed by atoms with Crippen molar-refractivity contribution in [3.05, 3.63) is 58.2 Å². The summed E-state index contributed by atoms with van der Waals surface area (Å²) in [7, 11) is 0. The lowest BCUT2D eigenvalue weighted by Gasteiger charge is -2.15. The van der Waals surface area contributed by atoms with E-state index in [1.165, 1.54) is 0 Å². The third kappa shape index (κ3) is 2.48. The molecule has 0 radical (unpaired) electrons. The number of carbonyl (C=O) groups excluding carboxylic acids is 1. The highest BCUT2D eigenvalue weighted by Crippen LogP contribution is 2.49. The highest BCUT2D eigenvalue weighted by Gasteiger charge is 2.51. The van der Waals surface area contributed by atoms with Gasteiger partial charge in [-0.15, -0.1) is 0 Å². The van der Waals surface area contributed by atoms with Crippen LogP contribution in [0.3, 0.4) is 0 Å². The lowest BCUT2D eigenvalue weighted by atomic mass is 9.95. The molecule has 1 saturated carbocycles. The van der Waals surface area contributed by atoms with E-state index in [9.17, 15) is 4.79 Å². The molecule has 1 N–H and O–H groups in total. The summed E-state index contributed by atoms with van der Waals surface area (Å²) < 4.78 is 1.03. The number of halogens is 1. The van der Waals surface area contributed by atoms with E-state index in [0.717, 1.165) is 28.6 Å². The Morgan fingerprint density at radius 2 is 1.90 bits per heavy atom. The third-order valence-electron chi connectivity index (χ3n) is 3.71. The lowest BCUT2D eigenvalue weighted by Crippen LogP contribution is -2.28. The van der Waals surface area contributed by atoms with E-state index in [1.807, 2.05) is 49.4 Å². The van der Waals surface area contributed by atoms with Crippen molar-refractivity contribution in [2.24, 2.45) is 0 Å². The number of nitrogens with zero attached hydrogens (tertiary/aromatic N) is 1. The summed E-state index contributed by atoms with van der Waals surface area (Å²) in [5.74, 6) is 0.663. The zero-order chi connectivity index (χ0) is 14.2. The van der Waals surface area contributed by atoms with Gasteiger partial charge in [0.2, 0.25) is 5.91 Å². The maximum absolute atomic E-state index is 12.5. The van der Waals surface area contributed by atoms with E-state index >= 15 is 0 Å². The highest BCUT2D eigenvalue weighted by molar-refractivity contribution is 9.10. The molecule has 102 valence electrons. The van der Waals surface area contributed by atoms with Crippen LogP contribution < -0.4 is 5.32 Å². The number of anilines is 1. The summed E-state index contributed by atoms with van der Waals surface area (Å²) in [4.78, 5) is 16.9. The Kier molecular flexibility index (Phi) is 3.34. The molecule has 0 aliphatic heterocycles. The molecule has 1 aliphatic carbocycles. The first kappa shape index (κ1) is 13.3. The predicted molar refractivity (Wildman–Crippen MR) is 82.7 cm³/mol. The van der Waals surface area contributed by atoms with Crippen molar-refractivity contribution in [2.75, 3.05) is 5.32 Å². The van der Waals surface area contributed by atoms with Crippen LogP contribution in [0.15, 0.2) is 46.9 Å². The first-order valence-electron chi connectivity index (χ1n) is 6.61. The van der Waals surface area contributed by atoms with Crippen molar-refractivity contribution in [3.63, 3.8) is 0 Å². The molecule has 4 heteroatoms. The van der Waals surface area contributed by atoms with Crippen LogP contribution in [0.5, 0.6) is 0 Å². The van der Waals surface area contributed by atoms with Crippen LogP contribution in [0.4, 0.5) is 5.82 Å². The molecule has 20 heavy (non-hydrogen) atoms. The van der Waals surface area contributed by atoms with Crippen LogP contribution in [0.2, 0.25) is 0 Å². The van der Waals surface area contributed by atoms with E-state index in [4.69, 9.17) is 0 Å². The van der Waals surface area contributed by atoms with E-state index in [1.54, 1.807) is 0 Å². The van der Waals surface area contributed by atoms with Crippen molar-refractivity contribution in [1.82, 2.24) is 4.98 Å². The fourth-order valence-corrected chi connectivity index (χ4v) is 2.65. The minimum absolute atomic E-state index is 0.0397. The molecule has 0 bridgehead atoms. The van der Waals surface area contributed by atoms with Gasteiger partial charge in [-0.3, -0.25) is 4.79 Å². The number of carbonyl (C=O) groups is 1. The Hall–Kier alpha value is -1.68. The van der Waals surface area contributed by atoms with Gasteiger partial charge in [0.15, 0.2) is 0 Å². The second kappa shape index (κ2) is 5.02. The Bertz CT molecular complexity index is 648. The number of hydrogen-bond acceptors (Lipinski definition) is 2. The van der Waals surface area contributed by atoms with Gasteiger partial charge < -0.3 is 5.32 Å². The van der Waals surface area contributed by atoms with Gasteiger partial charge in [-0.05, 0) is 49.6 Å². The average Bonchev–Trinajstić information content (AvgIpc) is 3.21. The van der Waals surface area contributed by atoms with Gasteiger partial charge in [0, 0.05) is 10.2 Å². The second-order valence-electron chi connectivity index (χ2n) is 5.21. The fraction of sp³-hybridized carbons (Fsp3) is 0.250. The minimum atomic E-state index is -0.369. The zero-order valence-corrected chi connectivity index (χ0v) is 12.8. The fourth-order valence-electron chi connectivity index (χ4n) is 2.39. The summed E-state index contributed by atoms with van der Waals surface area (Å²) in [6.45, 7) is 1.91. The molecule has 1 heterocycles. The lowest BCUT2D eigenvalue weighted by molar-refractivity contribution is -0.118. The molecular formula is C16H15BrN2O. The molecule has 1 aromatic carbocycles. The van der Waals surface area contributed by atoms with Crippen LogP contribution in [-0.2, 0) is 10.2 Å². The molecule has 0 saturated heterocycles. The molecule has 3 nitrogen and oxygen atoms in total. The largest absolute Gasteiger partial charge is 0.310 e. The minimum Gasteiger partial charge on any atom is -0.310 e. The second-order valence-corrected chi connectivity index (χ2v) is 6.12. The van der Waals surface area contributed by atoms with Gasteiger partial charge >= 0.3 is 0 Å². The van der Waals surface area contributed by atoms with E-state index in [-0.39, 0.29) is 11.3 Å². The standard InChI is InChI=1S/C16H15BrN2O/c1-11-3-2-4-14(18-11)19-15(20)16(9-10-16)12-5-7-13(17)8-6-12/h2-8H,9-10H2,1H3,(H,18,19,20). The van der Waals surface area contributed by atoms with Crippen molar-refractivity contribution in [3.8, 4) is 0 Å². The monoisotopic (exact) mass is 330 g/mol. The summed E-state index contributed by atoms with van der Waals surface area (Å²) in [6, 6.07) is 13.6. The van der Waals surface area contributed by atoms with E-state index in [2.05, 4.69) is 26.2 Å². The first-order chi connectivity index (χ1) is 9.60. The number of benzene rings is 1. The average molecular weight is 331 g/mol. The molecule has 2 aromatic rings. The van der Waals surface area contributed by atoms with Crippen LogP contribution in [0.25, 0.3) is 0 Å². The molecule has 3 rings (SSSR count). The number of hydrogen-bond donors (Lipinski definition) is 1. The molecule has 0 unspecified atom stereocenters. The highest BCUT2D eigenvalue weighted by atomic mass is 79.9. The zero-order valence-electron chi connectivity index (χ0n) is 11.2. The van der Waals surface area contributed by atoms with Crippen LogP contribution >= 0.6 is 15.9 Å². The summed E-state index contributed by atoms with van der Waals surface area (Å²) in [5.41, 5.74) is 1.61. The maximum Gasteiger partial charge on any atom is 0.236 e. The number of amides is 1. The Morgan fingerprint density at radius 1 is 1.20 bits per heavy atom. The van der Waals surface area contributed by atoms with Crippen molar-refractivity contribution < 1.29 is 4.79 Å². The van der Waals surface area contributed by atoms with Crippen molar-refractivity contribution in [1.29, 1.82) is 0 Å². The third-order valence-corrected chi connectivity index (χ3v) is 4.24. The number of nitrogens with one attached hydrogen (secondary N) is 1. The molecule has 0 spiro atoms. The first-order valence-corrected chi connectivity index (χ1v) is 7.41. The van der Waals surface area contributed by atoms with Crippen molar-refractivity contribution in [2.45, 2.75) is 25.2 Å². The quantitative estimate of drug-likeness (QED) is 0.929. The van der Waals surface area contributed by atoms with Crippen LogP contribution in [0.1, 0.15) is 24.1 Å². The van der Waals surface area contributed by atoms with E-state index < -0.39 is 0 Å². The van der Waals surface area contributed by atoms with Gasteiger partial charge in [0.25, 0.3) is 0 Å². The van der Waals surface area contributed by atoms with Crippen LogP contribution in [0, 0.1) is 6.92 Å². The van der Waals surface area contributed by atoms with Gasteiger partial charge in [-0.2, -0.15) is 0 Å². The molecule has 1 aromatic heterocycles. The Balaban J connectivity index is 1.81. The molecule has 0 atom stereocenters. The smallest absolute Gasteiger partial charge is 0.236 e. The maximum atomic E-state index is 12.5. The van der Waals surface area contributed by atoms with Gasteiger partial charge in [-0.1, -0.05) is 34.1 Å². The van der Waals surface area contributed by atoms with Gasteiger partial charge in [0.05, 0.1) is 5.41 Å². The van der Waals surface area contributed by atoms with Crippen LogP contribution in [-0.4, -0.2) is 10.9 Å². The van der Waals surface area contributed by atoms with Gasteiger partial charge in [0.1, 0.15) is 5.82 Å². The normalized spacial score (nSPS) is 15.7. The SMILES string of the molecule is Cc1cccc(NC(=O)C2(c3ccc(Br)cc3)CC2)n1. The molecular weight excluding hydrogens is 316 g/mol. The molecule has 1 fully saturated rings.